The number of hydrogen-bond donors (Lipinski definition) is 0. The second kappa shape index (κ2) is 16.5. The van der Waals surface area contributed by atoms with Crippen LogP contribution in [0.25, 0.3) is 0 Å². The molecule has 0 N–H and O–H groups in total. The topological polar surface area (TPSA) is 54.0 Å². The van der Waals surface area contributed by atoms with Gasteiger partial charge in [-0.05, 0) is 23.1 Å². The van der Waals surface area contributed by atoms with E-state index in [2.05, 4.69) is 6.58 Å². The van der Waals surface area contributed by atoms with Crippen LogP contribution in [0.3, 0.4) is 0 Å². The summed E-state index contributed by atoms with van der Waals surface area (Å²) >= 11 is 0. The van der Waals surface area contributed by atoms with E-state index in [1.807, 2.05) is 97.9 Å². The smallest absolute Gasteiger partial charge is 0.306 e. The van der Waals surface area contributed by atoms with Gasteiger partial charge in [-0.2, -0.15) is 0 Å². The molecule has 0 saturated carbocycles. The van der Waals surface area contributed by atoms with Crippen molar-refractivity contribution >= 4 is 5.97 Å². The van der Waals surface area contributed by atoms with Crippen LogP contribution in [0.4, 0.5) is 0 Å². The Morgan fingerprint density at radius 2 is 1.30 bits per heavy atom. The number of rotatable bonds is 17. The van der Waals surface area contributed by atoms with Gasteiger partial charge in [-0.3, -0.25) is 4.79 Å². The Hall–Kier alpha value is -3.25. The monoisotopic (exact) mass is 502 g/mol. The van der Waals surface area contributed by atoms with Crippen LogP contribution in [0.5, 0.6) is 0 Å². The van der Waals surface area contributed by atoms with E-state index in [1.54, 1.807) is 6.08 Å². The molecule has 3 atom stereocenters. The molecule has 0 saturated heterocycles. The maximum Gasteiger partial charge on any atom is 0.306 e. The molecule has 0 aliphatic heterocycles. The summed E-state index contributed by atoms with van der Waals surface area (Å²) in [5.74, 6) is -0.269. The summed E-state index contributed by atoms with van der Waals surface area (Å²) in [5, 5.41) is 0. The highest BCUT2D eigenvalue weighted by Crippen LogP contribution is 2.20. The lowest BCUT2D eigenvalue weighted by Gasteiger charge is -2.32. The van der Waals surface area contributed by atoms with Crippen molar-refractivity contribution in [3.8, 4) is 0 Å². The van der Waals surface area contributed by atoms with E-state index < -0.39 is 18.3 Å². The van der Waals surface area contributed by atoms with Gasteiger partial charge < -0.3 is 18.9 Å². The molecule has 196 valence electrons. The number of ether oxygens (including phenoxy) is 4. The van der Waals surface area contributed by atoms with Crippen molar-refractivity contribution < 1.29 is 23.7 Å². The lowest BCUT2D eigenvalue weighted by molar-refractivity contribution is -0.176. The lowest BCUT2D eigenvalue weighted by Crippen LogP contribution is -2.45. The Bertz CT molecular complexity index is 1020. The van der Waals surface area contributed by atoms with Crippen molar-refractivity contribution in [3.05, 3.63) is 120 Å². The summed E-state index contributed by atoms with van der Waals surface area (Å²) in [5.41, 5.74) is 3.09. The molecule has 0 radical (unpaired) electrons. The molecule has 0 aliphatic rings. The second-order valence-electron chi connectivity index (χ2n) is 8.89. The third-order valence-electron chi connectivity index (χ3n) is 5.90. The van der Waals surface area contributed by atoms with Crippen molar-refractivity contribution in [1.29, 1.82) is 0 Å². The second-order valence-corrected chi connectivity index (χ2v) is 8.89. The fraction of sp³-hybridized carbons (Fsp3) is 0.344. The highest BCUT2D eigenvalue weighted by Gasteiger charge is 2.33. The van der Waals surface area contributed by atoms with Gasteiger partial charge >= 0.3 is 5.97 Å². The average molecular weight is 503 g/mol. The number of hydrogen-bond acceptors (Lipinski definition) is 5. The molecule has 0 fully saturated rings. The minimum Gasteiger partial charge on any atom is -0.457 e. The Balaban J connectivity index is 1.78. The van der Waals surface area contributed by atoms with E-state index >= 15 is 0 Å². The van der Waals surface area contributed by atoms with Gasteiger partial charge in [-0.1, -0.05) is 110 Å². The number of unbranched alkanes of at least 4 members (excludes halogenated alkanes) is 1. The number of carbonyl (C=O) groups is 1. The lowest BCUT2D eigenvalue weighted by atomic mass is 10.1. The Morgan fingerprint density at radius 3 is 1.81 bits per heavy atom. The third-order valence-corrected chi connectivity index (χ3v) is 5.90. The average Bonchev–Trinajstić information content (AvgIpc) is 2.95. The number of carbonyl (C=O) groups excluding carboxylic acids is 1. The molecule has 0 bridgehead atoms. The zero-order chi connectivity index (χ0) is 26.1. The number of esters is 1. The van der Waals surface area contributed by atoms with E-state index in [-0.39, 0.29) is 12.6 Å². The summed E-state index contributed by atoms with van der Waals surface area (Å²) in [7, 11) is 0. The van der Waals surface area contributed by atoms with Gasteiger partial charge in [0.25, 0.3) is 0 Å². The summed E-state index contributed by atoms with van der Waals surface area (Å²) < 4.78 is 24.6. The predicted octanol–water partition coefficient (Wildman–Crippen LogP) is 6.66. The first-order valence-electron chi connectivity index (χ1n) is 12.9. The van der Waals surface area contributed by atoms with E-state index in [0.717, 1.165) is 29.5 Å². The highest BCUT2D eigenvalue weighted by molar-refractivity contribution is 5.69. The fourth-order valence-corrected chi connectivity index (χ4v) is 3.86. The maximum absolute atomic E-state index is 12.7. The maximum atomic E-state index is 12.7. The quantitative estimate of drug-likeness (QED) is 0.153. The molecule has 3 rings (SSSR count). The molecule has 0 heterocycles. The van der Waals surface area contributed by atoms with Gasteiger partial charge in [0, 0.05) is 6.42 Å². The van der Waals surface area contributed by atoms with E-state index in [0.29, 0.717) is 26.2 Å². The first-order valence-corrected chi connectivity index (χ1v) is 12.9. The zero-order valence-electron chi connectivity index (χ0n) is 21.7. The molecule has 5 heteroatoms. The molecule has 0 unspecified atom stereocenters. The molecule has 0 spiro atoms. The molecule has 37 heavy (non-hydrogen) atoms. The molecule has 0 amide bonds. The van der Waals surface area contributed by atoms with Crippen molar-refractivity contribution in [2.75, 3.05) is 6.61 Å². The van der Waals surface area contributed by atoms with Gasteiger partial charge in [-0.15, -0.1) is 6.58 Å². The van der Waals surface area contributed by atoms with Crippen LogP contribution in [0.1, 0.15) is 42.9 Å². The van der Waals surface area contributed by atoms with Gasteiger partial charge in [0.1, 0.15) is 12.2 Å². The van der Waals surface area contributed by atoms with Crippen LogP contribution in [0, 0.1) is 0 Å². The molecule has 3 aromatic rings. The predicted molar refractivity (Wildman–Crippen MR) is 146 cm³/mol. The number of benzene rings is 3. The van der Waals surface area contributed by atoms with Crippen LogP contribution in [0.15, 0.2) is 104 Å². The molecule has 5 nitrogen and oxygen atoms in total. The van der Waals surface area contributed by atoms with E-state index in [1.165, 1.54) is 0 Å². The first-order chi connectivity index (χ1) is 18.2. The third kappa shape index (κ3) is 10.3. The van der Waals surface area contributed by atoms with Crippen LogP contribution in [-0.4, -0.2) is 30.9 Å². The van der Waals surface area contributed by atoms with Crippen molar-refractivity contribution in [3.63, 3.8) is 0 Å². The summed E-state index contributed by atoms with van der Waals surface area (Å²) in [6.45, 7) is 7.34. The van der Waals surface area contributed by atoms with Crippen molar-refractivity contribution in [2.24, 2.45) is 0 Å². The Morgan fingerprint density at radius 1 is 0.784 bits per heavy atom. The minimum atomic E-state index is -0.671. The Kier molecular flexibility index (Phi) is 12.6. The van der Waals surface area contributed by atoms with E-state index in [4.69, 9.17) is 18.9 Å². The summed E-state index contributed by atoms with van der Waals surface area (Å²) in [6, 6.07) is 29.7. The van der Waals surface area contributed by atoms with Gasteiger partial charge in [-0.25, -0.2) is 0 Å². The normalized spacial score (nSPS) is 13.4. The van der Waals surface area contributed by atoms with E-state index in [9.17, 15) is 4.79 Å². The van der Waals surface area contributed by atoms with Gasteiger partial charge in [0.15, 0.2) is 6.10 Å². The molecule has 0 aliphatic carbocycles. The van der Waals surface area contributed by atoms with Crippen molar-refractivity contribution in [1.82, 2.24) is 0 Å². The van der Waals surface area contributed by atoms with Crippen LogP contribution < -0.4 is 0 Å². The van der Waals surface area contributed by atoms with Gasteiger partial charge in [0.2, 0.25) is 0 Å². The Labute approximate surface area is 221 Å². The van der Waals surface area contributed by atoms with Crippen LogP contribution in [0.2, 0.25) is 0 Å². The van der Waals surface area contributed by atoms with Crippen LogP contribution in [-0.2, 0) is 43.6 Å². The SMILES string of the molecule is C=C[C@@H](OCc1ccccc1)[C@H](OCc1ccccc1)[C@@H](COCc1ccccc1)OC(=O)CCCC. The summed E-state index contributed by atoms with van der Waals surface area (Å²) in [4.78, 5) is 12.7. The standard InChI is InChI=1S/C32H38O5/c1-3-5-21-31(33)37-30(25-34-22-26-15-9-6-10-16-26)32(36-24-28-19-13-8-14-20-28)29(4-2)35-23-27-17-11-7-12-18-27/h4,6-20,29-30,32H,2-3,5,21-25H2,1H3/t29-,30-,32+/m1/s1. The fourth-order valence-electron chi connectivity index (χ4n) is 3.86. The largest absolute Gasteiger partial charge is 0.457 e. The molecular formula is C32H38O5. The first kappa shape index (κ1) is 28.3. The highest BCUT2D eigenvalue weighted by atomic mass is 16.6. The molecule has 0 aromatic heterocycles. The minimum absolute atomic E-state index is 0.172. The molecular weight excluding hydrogens is 464 g/mol. The van der Waals surface area contributed by atoms with Gasteiger partial charge in [0.05, 0.1) is 26.4 Å². The zero-order valence-corrected chi connectivity index (χ0v) is 21.7. The van der Waals surface area contributed by atoms with Crippen LogP contribution >= 0.6 is 0 Å². The van der Waals surface area contributed by atoms with Crippen molar-refractivity contribution in [2.45, 2.75) is 64.3 Å². The summed E-state index contributed by atoms with van der Waals surface area (Å²) in [6.07, 6.45) is 1.94. The molecule has 3 aromatic carbocycles.